The minimum atomic E-state index is -0.470. The van der Waals surface area contributed by atoms with Crippen LogP contribution in [0.4, 0.5) is 0 Å². The topological polar surface area (TPSA) is 40.6 Å². The molecule has 2 unspecified atom stereocenters. The van der Waals surface area contributed by atoms with Crippen molar-refractivity contribution >= 4 is 44.4 Å². The second-order valence-corrected chi connectivity index (χ2v) is 10.4. The number of nitrogens with zero attached hydrogens (tertiary/aromatic N) is 1. The van der Waals surface area contributed by atoms with Crippen molar-refractivity contribution in [3.8, 4) is 5.88 Å². The minimum Gasteiger partial charge on any atom is -0.477 e. The Labute approximate surface area is 139 Å². The van der Waals surface area contributed by atoms with Crippen LogP contribution in [0, 0.1) is 0 Å². The summed E-state index contributed by atoms with van der Waals surface area (Å²) in [5, 5.41) is 0. The summed E-state index contributed by atoms with van der Waals surface area (Å²) < 4.78 is 17.6. The molecule has 2 heterocycles. The molecule has 22 heavy (non-hydrogen) atoms. The van der Waals surface area contributed by atoms with Gasteiger partial charge in [-0.3, -0.25) is 0 Å². The third-order valence-electron chi connectivity index (χ3n) is 3.95. The van der Waals surface area contributed by atoms with Crippen molar-refractivity contribution in [1.82, 2.24) is 4.98 Å². The normalized spacial score (nSPS) is 20.2. The van der Waals surface area contributed by atoms with Gasteiger partial charge in [-0.2, -0.15) is 0 Å². The fourth-order valence-electron chi connectivity index (χ4n) is 1.94. The van der Waals surface area contributed by atoms with E-state index in [2.05, 4.69) is 23.5 Å². The number of aromatic nitrogens is 1. The highest BCUT2D eigenvalue weighted by Crippen LogP contribution is 2.36. The van der Waals surface area contributed by atoms with Crippen LogP contribution in [0.25, 0.3) is 0 Å². The van der Waals surface area contributed by atoms with Crippen LogP contribution in [-0.4, -0.2) is 42.7 Å². The maximum atomic E-state index is 6.04. The summed E-state index contributed by atoms with van der Waals surface area (Å²) in [6.07, 6.45) is 1.69. The van der Waals surface area contributed by atoms with Crippen molar-refractivity contribution in [3.05, 3.63) is 12.3 Å². The summed E-state index contributed by atoms with van der Waals surface area (Å²) in [4.78, 5) is 4.18. The van der Waals surface area contributed by atoms with Crippen LogP contribution >= 0.6 is 18.5 Å². The van der Waals surface area contributed by atoms with Crippen molar-refractivity contribution in [1.29, 1.82) is 0 Å². The molecule has 2 atom stereocenters. The molecule has 1 aliphatic heterocycles. The van der Waals surface area contributed by atoms with E-state index < -0.39 is 7.12 Å². The van der Waals surface area contributed by atoms with Crippen LogP contribution in [0.2, 0.25) is 0 Å². The van der Waals surface area contributed by atoms with E-state index in [0.29, 0.717) is 17.9 Å². The summed E-state index contributed by atoms with van der Waals surface area (Å²) >= 11 is 0. The number of hydrogen-bond donors (Lipinski definition) is 0. The Hall–Kier alpha value is -0.140. The molecule has 0 bridgehead atoms. The van der Waals surface area contributed by atoms with Crippen LogP contribution in [-0.2, 0) is 9.31 Å². The van der Waals surface area contributed by atoms with E-state index in [4.69, 9.17) is 21.9 Å². The Balaban J connectivity index is 2.14. The molecule has 0 spiro atoms. The zero-order valence-corrected chi connectivity index (χ0v) is 16.2. The van der Waals surface area contributed by atoms with Gasteiger partial charge in [0.2, 0.25) is 5.88 Å². The number of pyridine rings is 1. The van der Waals surface area contributed by atoms with Crippen LogP contribution < -0.4 is 15.7 Å². The van der Waals surface area contributed by atoms with E-state index in [1.54, 1.807) is 12.3 Å². The van der Waals surface area contributed by atoms with Gasteiger partial charge < -0.3 is 14.0 Å². The van der Waals surface area contributed by atoms with Crippen LogP contribution in [0.15, 0.2) is 12.3 Å². The molecule has 0 aromatic carbocycles. The molecule has 0 aliphatic carbocycles. The standard InChI is InChI=1S/C14H23B2NO3P2/c1-12(2)13(3,4)20-16(19-12)9-6-10(15)11(17-7-9)18-8-14(5,21)22/h6-7H,8,21-22H2,1-5H3. The lowest BCUT2D eigenvalue weighted by Crippen LogP contribution is -2.41. The van der Waals surface area contributed by atoms with Gasteiger partial charge in [-0.15, -0.1) is 18.5 Å². The third kappa shape index (κ3) is 4.03. The zero-order chi connectivity index (χ0) is 16.8. The van der Waals surface area contributed by atoms with Gasteiger partial charge in [0.1, 0.15) is 14.5 Å². The van der Waals surface area contributed by atoms with Gasteiger partial charge in [-0.05, 0) is 40.1 Å². The Morgan fingerprint density at radius 2 is 1.82 bits per heavy atom. The summed E-state index contributed by atoms with van der Waals surface area (Å²) in [5.74, 6) is 0.427. The fourth-order valence-corrected chi connectivity index (χ4v) is 2.11. The summed E-state index contributed by atoms with van der Waals surface area (Å²) in [5.41, 5.74) is 0.499. The third-order valence-corrected chi connectivity index (χ3v) is 4.28. The van der Waals surface area contributed by atoms with E-state index in [9.17, 15) is 0 Å². The molecular formula is C14H23B2NO3P2. The van der Waals surface area contributed by atoms with Crippen molar-refractivity contribution in [2.45, 2.75) is 50.7 Å². The maximum Gasteiger partial charge on any atom is 0.496 e. The minimum absolute atomic E-state index is 0.113. The lowest BCUT2D eigenvalue weighted by Gasteiger charge is -2.32. The molecule has 118 valence electrons. The van der Waals surface area contributed by atoms with Gasteiger partial charge >= 0.3 is 7.12 Å². The molecular weight excluding hydrogens is 314 g/mol. The highest BCUT2D eigenvalue weighted by molar-refractivity contribution is 7.39. The van der Waals surface area contributed by atoms with Gasteiger partial charge in [0.25, 0.3) is 0 Å². The Bertz CT molecular complexity index is 546. The van der Waals surface area contributed by atoms with E-state index in [1.165, 1.54) is 0 Å². The Morgan fingerprint density at radius 1 is 1.27 bits per heavy atom. The first kappa shape index (κ1) is 18.2. The van der Waals surface area contributed by atoms with Gasteiger partial charge in [0.15, 0.2) is 0 Å². The van der Waals surface area contributed by atoms with Crippen LogP contribution in [0.1, 0.15) is 34.6 Å². The summed E-state index contributed by atoms with van der Waals surface area (Å²) in [6.45, 7) is 10.6. The highest BCUT2D eigenvalue weighted by Gasteiger charge is 2.51. The predicted molar refractivity (Wildman–Crippen MR) is 98.7 cm³/mol. The second-order valence-electron chi connectivity index (χ2n) is 7.05. The van der Waals surface area contributed by atoms with Crippen molar-refractivity contribution in [3.63, 3.8) is 0 Å². The maximum absolute atomic E-state index is 6.04. The van der Waals surface area contributed by atoms with Crippen LogP contribution in [0.5, 0.6) is 5.88 Å². The molecule has 0 N–H and O–H groups in total. The van der Waals surface area contributed by atoms with Gasteiger partial charge in [-0.1, -0.05) is 6.07 Å². The fraction of sp³-hybridized carbons (Fsp3) is 0.643. The van der Waals surface area contributed by atoms with Crippen molar-refractivity contribution < 1.29 is 14.0 Å². The number of hydrogen-bond acceptors (Lipinski definition) is 4. The van der Waals surface area contributed by atoms with Gasteiger partial charge in [-0.25, -0.2) is 4.98 Å². The molecule has 1 fully saturated rings. The van der Waals surface area contributed by atoms with Crippen molar-refractivity contribution in [2.24, 2.45) is 0 Å². The molecule has 8 heteroatoms. The predicted octanol–water partition coefficient (Wildman–Crippen LogP) is 1.02. The van der Waals surface area contributed by atoms with E-state index in [-0.39, 0.29) is 16.1 Å². The largest absolute Gasteiger partial charge is 0.496 e. The molecule has 1 aliphatic rings. The molecule has 2 radical (unpaired) electrons. The highest BCUT2D eigenvalue weighted by atomic mass is 31.1. The Morgan fingerprint density at radius 3 is 2.27 bits per heavy atom. The molecule has 0 saturated carbocycles. The first-order valence-corrected chi connectivity index (χ1v) is 8.38. The molecule has 1 aromatic rings. The zero-order valence-electron chi connectivity index (χ0n) is 13.8. The second kappa shape index (κ2) is 6.06. The average Bonchev–Trinajstić information content (AvgIpc) is 2.56. The smallest absolute Gasteiger partial charge is 0.477 e. The van der Waals surface area contributed by atoms with Gasteiger partial charge in [0, 0.05) is 16.6 Å². The Kier molecular flexibility index (Phi) is 5.01. The first-order valence-electron chi connectivity index (χ1n) is 7.23. The SMILES string of the molecule is [B]c1cc(B2OC(C)(C)C(C)(C)O2)cnc1OCC(C)(P)P. The van der Waals surface area contributed by atoms with Gasteiger partial charge in [0.05, 0.1) is 11.2 Å². The monoisotopic (exact) mass is 337 g/mol. The summed E-state index contributed by atoms with van der Waals surface area (Å²) in [6, 6.07) is 1.80. The van der Waals surface area contributed by atoms with E-state index >= 15 is 0 Å². The molecule has 1 aromatic heterocycles. The first-order chi connectivity index (χ1) is 9.91. The number of ether oxygens (including phenoxy) is 1. The summed E-state index contributed by atoms with van der Waals surface area (Å²) in [7, 11) is 11.0. The molecule has 0 amide bonds. The van der Waals surface area contributed by atoms with E-state index in [0.717, 1.165) is 5.46 Å². The molecule has 2 rings (SSSR count). The lowest BCUT2D eigenvalue weighted by molar-refractivity contribution is 0.00578. The molecule has 4 nitrogen and oxygen atoms in total. The van der Waals surface area contributed by atoms with E-state index in [1.807, 2.05) is 34.6 Å². The average molecular weight is 337 g/mol. The van der Waals surface area contributed by atoms with Crippen LogP contribution in [0.3, 0.4) is 0 Å². The lowest BCUT2D eigenvalue weighted by atomic mass is 9.78. The quantitative estimate of drug-likeness (QED) is 0.608. The van der Waals surface area contributed by atoms with Crippen molar-refractivity contribution in [2.75, 3.05) is 6.61 Å². The molecule has 1 saturated heterocycles. The number of rotatable bonds is 4.